The van der Waals surface area contributed by atoms with E-state index < -0.39 is 0 Å². The molecule has 1 aliphatic rings. The highest BCUT2D eigenvalue weighted by atomic mass is 16.2. The van der Waals surface area contributed by atoms with Crippen molar-refractivity contribution in [2.24, 2.45) is 5.92 Å². The fourth-order valence-electron chi connectivity index (χ4n) is 2.64. The van der Waals surface area contributed by atoms with Crippen molar-refractivity contribution in [3.8, 4) is 0 Å². The molecule has 1 aromatic rings. The zero-order chi connectivity index (χ0) is 15.1. The monoisotopic (exact) mass is 288 g/mol. The van der Waals surface area contributed by atoms with E-state index in [2.05, 4.69) is 12.2 Å². The molecular formula is C17H24N2O2. The fourth-order valence-corrected chi connectivity index (χ4v) is 2.64. The molecule has 2 amide bonds. The van der Waals surface area contributed by atoms with Crippen molar-refractivity contribution in [3.05, 3.63) is 35.9 Å². The van der Waals surface area contributed by atoms with Gasteiger partial charge in [-0.2, -0.15) is 0 Å². The van der Waals surface area contributed by atoms with Crippen LogP contribution in [-0.4, -0.2) is 36.3 Å². The van der Waals surface area contributed by atoms with Gasteiger partial charge in [-0.3, -0.25) is 9.59 Å². The fraction of sp³-hybridized carbons (Fsp3) is 0.529. The van der Waals surface area contributed by atoms with E-state index >= 15 is 0 Å². The van der Waals surface area contributed by atoms with E-state index in [1.54, 1.807) is 0 Å². The molecule has 0 spiro atoms. The van der Waals surface area contributed by atoms with Crippen LogP contribution in [0.3, 0.4) is 0 Å². The van der Waals surface area contributed by atoms with Gasteiger partial charge in [0.15, 0.2) is 0 Å². The minimum absolute atomic E-state index is 0.0329. The van der Waals surface area contributed by atoms with Crippen molar-refractivity contribution >= 4 is 11.8 Å². The molecular weight excluding hydrogens is 264 g/mol. The van der Waals surface area contributed by atoms with Crippen LogP contribution in [0.2, 0.25) is 0 Å². The van der Waals surface area contributed by atoms with Crippen molar-refractivity contribution in [1.82, 2.24) is 10.2 Å². The molecule has 1 aliphatic heterocycles. The summed E-state index contributed by atoms with van der Waals surface area (Å²) in [5, 5.41) is 2.73. The first-order valence-electron chi connectivity index (χ1n) is 7.73. The highest BCUT2D eigenvalue weighted by Crippen LogP contribution is 2.16. The Kier molecular flexibility index (Phi) is 5.78. The van der Waals surface area contributed by atoms with Crippen LogP contribution in [0.5, 0.6) is 0 Å². The molecule has 1 aromatic carbocycles. The quantitative estimate of drug-likeness (QED) is 0.921. The molecule has 114 valence electrons. The number of amides is 2. The van der Waals surface area contributed by atoms with Crippen LogP contribution < -0.4 is 5.32 Å². The van der Waals surface area contributed by atoms with Crippen molar-refractivity contribution in [2.45, 2.75) is 32.6 Å². The van der Waals surface area contributed by atoms with E-state index in [4.69, 9.17) is 0 Å². The van der Waals surface area contributed by atoms with Gasteiger partial charge in [-0.1, -0.05) is 37.3 Å². The highest BCUT2D eigenvalue weighted by Gasteiger charge is 2.18. The molecule has 0 bridgehead atoms. The third kappa shape index (κ3) is 5.21. The Morgan fingerprint density at radius 2 is 1.95 bits per heavy atom. The number of carbonyl (C=O) groups excluding carboxylic acids is 2. The predicted molar refractivity (Wildman–Crippen MR) is 82.8 cm³/mol. The molecule has 0 unspecified atom stereocenters. The minimum atomic E-state index is -0.0993. The lowest BCUT2D eigenvalue weighted by molar-refractivity contribution is -0.132. The molecule has 0 aromatic heterocycles. The molecule has 1 heterocycles. The topological polar surface area (TPSA) is 49.4 Å². The van der Waals surface area contributed by atoms with Crippen LogP contribution >= 0.6 is 0 Å². The second-order valence-electron chi connectivity index (χ2n) is 5.86. The second kappa shape index (κ2) is 7.81. The molecule has 2 rings (SSSR count). The van der Waals surface area contributed by atoms with Crippen molar-refractivity contribution in [2.75, 3.05) is 19.6 Å². The maximum Gasteiger partial charge on any atom is 0.241 e. The predicted octanol–water partition coefficient (Wildman–Crippen LogP) is 1.99. The molecule has 21 heavy (non-hydrogen) atoms. The molecule has 0 radical (unpaired) electrons. The lowest BCUT2D eigenvalue weighted by atomic mass is 10.0. The van der Waals surface area contributed by atoms with Crippen LogP contribution in [0.4, 0.5) is 0 Å². The number of hydrogen-bond acceptors (Lipinski definition) is 2. The first kappa shape index (κ1) is 15.5. The largest absolute Gasteiger partial charge is 0.347 e. The molecule has 0 aliphatic carbocycles. The van der Waals surface area contributed by atoms with E-state index in [0.717, 1.165) is 31.5 Å². The summed E-state index contributed by atoms with van der Waals surface area (Å²) in [7, 11) is 0. The standard InChI is InChI=1S/C17H24N2O2/c1-14-6-5-10-19(11-9-14)17(21)13-18-16(20)12-15-7-3-2-4-8-15/h2-4,7-8,14H,5-6,9-13H2,1H3,(H,18,20)/t14-/m0/s1. The Hall–Kier alpha value is -1.84. The number of benzene rings is 1. The summed E-state index contributed by atoms with van der Waals surface area (Å²) in [5.41, 5.74) is 0.964. The van der Waals surface area contributed by atoms with E-state index in [9.17, 15) is 9.59 Å². The van der Waals surface area contributed by atoms with Gasteiger partial charge in [0.05, 0.1) is 13.0 Å². The van der Waals surface area contributed by atoms with Gasteiger partial charge in [-0.05, 0) is 30.7 Å². The number of nitrogens with one attached hydrogen (secondary N) is 1. The van der Waals surface area contributed by atoms with Crippen molar-refractivity contribution < 1.29 is 9.59 Å². The Morgan fingerprint density at radius 1 is 1.19 bits per heavy atom. The normalized spacial score (nSPS) is 18.9. The summed E-state index contributed by atoms with van der Waals surface area (Å²) in [6, 6.07) is 9.57. The number of nitrogens with zero attached hydrogens (tertiary/aromatic N) is 1. The number of rotatable bonds is 4. The van der Waals surface area contributed by atoms with Gasteiger partial charge < -0.3 is 10.2 Å². The third-order valence-corrected chi connectivity index (χ3v) is 4.01. The van der Waals surface area contributed by atoms with E-state index in [0.29, 0.717) is 12.3 Å². The van der Waals surface area contributed by atoms with Crippen molar-refractivity contribution in [3.63, 3.8) is 0 Å². The van der Waals surface area contributed by atoms with Gasteiger partial charge in [0.25, 0.3) is 0 Å². The van der Waals surface area contributed by atoms with Crippen LogP contribution in [0.15, 0.2) is 30.3 Å². The molecule has 0 saturated carbocycles. The Labute approximate surface area is 126 Å². The molecule has 1 N–H and O–H groups in total. The van der Waals surface area contributed by atoms with Gasteiger partial charge in [-0.15, -0.1) is 0 Å². The van der Waals surface area contributed by atoms with Crippen LogP contribution in [-0.2, 0) is 16.0 Å². The molecule has 1 atom stereocenters. The van der Waals surface area contributed by atoms with E-state index in [1.807, 2.05) is 35.2 Å². The van der Waals surface area contributed by atoms with Gasteiger partial charge in [0, 0.05) is 13.1 Å². The lowest BCUT2D eigenvalue weighted by Gasteiger charge is -2.20. The average molecular weight is 288 g/mol. The van der Waals surface area contributed by atoms with Gasteiger partial charge >= 0.3 is 0 Å². The summed E-state index contributed by atoms with van der Waals surface area (Å²) in [4.78, 5) is 25.8. The smallest absolute Gasteiger partial charge is 0.241 e. The van der Waals surface area contributed by atoms with Crippen molar-refractivity contribution in [1.29, 1.82) is 0 Å². The summed E-state index contributed by atoms with van der Waals surface area (Å²) in [5.74, 6) is 0.624. The Balaban J connectivity index is 1.74. The summed E-state index contributed by atoms with van der Waals surface area (Å²) < 4.78 is 0. The van der Waals surface area contributed by atoms with Crippen LogP contribution in [0.25, 0.3) is 0 Å². The number of likely N-dealkylation sites (tertiary alicyclic amines) is 1. The zero-order valence-electron chi connectivity index (χ0n) is 12.7. The average Bonchev–Trinajstić information content (AvgIpc) is 2.70. The maximum absolute atomic E-state index is 12.1. The van der Waals surface area contributed by atoms with E-state index in [1.165, 1.54) is 6.42 Å². The lowest BCUT2D eigenvalue weighted by Crippen LogP contribution is -2.41. The molecule has 4 nitrogen and oxygen atoms in total. The van der Waals surface area contributed by atoms with Gasteiger partial charge in [0.2, 0.25) is 11.8 Å². The first-order chi connectivity index (χ1) is 10.1. The number of hydrogen-bond donors (Lipinski definition) is 1. The summed E-state index contributed by atoms with van der Waals surface area (Å²) in [6.45, 7) is 3.97. The molecule has 4 heteroatoms. The van der Waals surface area contributed by atoms with Crippen LogP contribution in [0, 0.1) is 5.92 Å². The molecule has 1 fully saturated rings. The van der Waals surface area contributed by atoms with Gasteiger partial charge in [-0.25, -0.2) is 0 Å². The third-order valence-electron chi connectivity index (χ3n) is 4.01. The first-order valence-corrected chi connectivity index (χ1v) is 7.73. The van der Waals surface area contributed by atoms with Crippen LogP contribution in [0.1, 0.15) is 31.7 Å². The Morgan fingerprint density at radius 3 is 2.71 bits per heavy atom. The maximum atomic E-state index is 12.1. The SMILES string of the molecule is C[C@H]1CCCN(C(=O)CNC(=O)Cc2ccccc2)CC1. The van der Waals surface area contributed by atoms with Gasteiger partial charge in [0.1, 0.15) is 0 Å². The minimum Gasteiger partial charge on any atom is -0.347 e. The highest BCUT2D eigenvalue weighted by molar-refractivity contribution is 5.85. The zero-order valence-corrected chi connectivity index (χ0v) is 12.7. The summed E-state index contributed by atoms with van der Waals surface area (Å²) in [6.07, 6.45) is 3.63. The molecule has 1 saturated heterocycles. The number of carbonyl (C=O) groups is 2. The second-order valence-corrected chi connectivity index (χ2v) is 5.86. The van der Waals surface area contributed by atoms with E-state index in [-0.39, 0.29) is 18.4 Å². The summed E-state index contributed by atoms with van der Waals surface area (Å²) >= 11 is 0. The Bertz CT molecular complexity index is 473.